The average Bonchev–Trinajstić information content (AvgIpc) is 3.12. The number of anilines is 1. The van der Waals surface area contributed by atoms with Gasteiger partial charge in [-0.25, -0.2) is 8.42 Å². The number of amides is 1. The lowest BCUT2D eigenvalue weighted by molar-refractivity contribution is -0.114. The second kappa shape index (κ2) is 7.91. The molecule has 3 rings (SSSR count). The zero-order valence-corrected chi connectivity index (χ0v) is 16.4. The molecule has 28 heavy (non-hydrogen) atoms. The molecule has 0 aliphatic heterocycles. The van der Waals surface area contributed by atoms with Crippen LogP contribution >= 0.6 is 0 Å². The number of rotatable bonds is 6. The van der Waals surface area contributed by atoms with Crippen LogP contribution in [0.4, 0.5) is 5.69 Å². The lowest BCUT2D eigenvalue weighted by atomic mass is 10.1. The van der Waals surface area contributed by atoms with Crippen molar-refractivity contribution in [2.75, 3.05) is 5.32 Å². The van der Waals surface area contributed by atoms with Crippen LogP contribution in [0.2, 0.25) is 0 Å². The molecule has 1 aromatic heterocycles. The van der Waals surface area contributed by atoms with Gasteiger partial charge in [-0.2, -0.15) is 9.71 Å². The van der Waals surface area contributed by atoms with Crippen LogP contribution in [0.3, 0.4) is 0 Å². The molecule has 1 heterocycles. The maximum absolute atomic E-state index is 12.6. The summed E-state index contributed by atoms with van der Waals surface area (Å²) in [6.07, 6.45) is 0. The van der Waals surface area contributed by atoms with Gasteiger partial charge in [-0.15, -0.1) is 0 Å². The zero-order valence-electron chi connectivity index (χ0n) is 15.6. The van der Waals surface area contributed by atoms with Crippen LogP contribution in [0, 0.1) is 6.92 Å². The third-order valence-corrected chi connectivity index (χ3v) is 5.50. The Morgan fingerprint density at radius 3 is 2.32 bits per heavy atom. The van der Waals surface area contributed by atoms with Gasteiger partial charge in [0.25, 0.3) is 0 Å². The van der Waals surface area contributed by atoms with Crippen molar-refractivity contribution in [1.29, 1.82) is 0 Å². The minimum absolute atomic E-state index is 0.0618. The molecule has 8 nitrogen and oxygen atoms in total. The first-order chi connectivity index (χ1) is 13.2. The summed E-state index contributed by atoms with van der Waals surface area (Å²) in [5, 5.41) is 6.50. The van der Waals surface area contributed by atoms with E-state index in [0.717, 1.165) is 11.1 Å². The van der Waals surface area contributed by atoms with Crippen LogP contribution in [0.1, 0.15) is 31.3 Å². The zero-order chi connectivity index (χ0) is 20.3. The summed E-state index contributed by atoms with van der Waals surface area (Å²) in [4.78, 5) is 15.4. The molecule has 1 atom stereocenters. The molecule has 9 heteroatoms. The number of hydrogen-bond donors (Lipinski definition) is 2. The molecular weight excluding hydrogens is 380 g/mol. The maximum Gasteiger partial charge on any atom is 0.244 e. The van der Waals surface area contributed by atoms with Crippen molar-refractivity contribution in [1.82, 2.24) is 14.9 Å². The topological polar surface area (TPSA) is 114 Å². The summed E-state index contributed by atoms with van der Waals surface area (Å²) in [6, 6.07) is 12.7. The van der Waals surface area contributed by atoms with Crippen LogP contribution in [-0.2, 0) is 14.8 Å². The molecule has 0 saturated heterocycles. The molecule has 0 bridgehead atoms. The highest BCUT2D eigenvalue weighted by atomic mass is 32.2. The highest BCUT2D eigenvalue weighted by Crippen LogP contribution is 2.21. The van der Waals surface area contributed by atoms with Crippen LogP contribution in [-0.4, -0.2) is 24.5 Å². The monoisotopic (exact) mass is 400 g/mol. The van der Waals surface area contributed by atoms with Gasteiger partial charge in [0.15, 0.2) is 0 Å². The molecule has 2 N–H and O–H groups in total. The van der Waals surface area contributed by atoms with E-state index in [1.165, 1.54) is 31.2 Å². The molecular formula is C19H20N4O4S. The normalized spacial score (nSPS) is 12.5. The minimum atomic E-state index is -3.80. The van der Waals surface area contributed by atoms with Gasteiger partial charge < -0.3 is 9.84 Å². The Balaban J connectivity index is 1.73. The van der Waals surface area contributed by atoms with Gasteiger partial charge in [0.2, 0.25) is 27.6 Å². The summed E-state index contributed by atoms with van der Waals surface area (Å²) in [5.41, 5.74) is 2.40. The molecule has 146 valence electrons. The average molecular weight is 400 g/mol. The number of hydrogen-bond acceptors (Lipinski definition) is 6. The third kappa shape index (κ3) is 4.62. The van der Waals surface area contributed by atoms with Gasteiger partial charge in [0.05, 0.1) is 10.9 Å². The fourth-order valence-corrected chi connectivity index (χ4v) is 3.70. The van der Waals surface area contributed by atoms with E-state index in [4.69, 9.17) is 4.52 Å². The van der Waals surface area contributed by atoms with Crippen molar-refractivity contribution in [2.45, 2.75) is 31.7 Å². The molecule has 0 saturated carbocycles. The van der Waals surface area contributed by atoms with Crippen molar-refractivity contribution in [3.8, 4) is 11.4 Å². The number of sulfonamides is 1. The first-order valence-corrected chi connectivity index (χ1v) is 10.0. The number of nitrogens with zero attached hydrogens (tertiary/aromatic N) is 2. The van der Waals surface area contributed by atoms with Gasteiger partial charge in [-0.1, -0.05) is 35.0 Å². The minimum Gasteiger partial charge on any atom is -0.337 e. The Labute approximate surface area is 163 Å². The number of benzene rings is 2. The maximum atomic E-state index is 12.6. The number of aromatic nitrogens is 2. The van der Waals surface area contributed by atoms with Crippen LogP contribution in [0.15, 0.2) is 57.9 Å². The Kier molecular flexibility index (Phi) is 5.57. The standard InChI is InChI=1S/C19H20N4O4S/c1-12-4-6-15(7-5-12)18-21-19(27-22-18)13(2)23-28(25,26)17-10-8-16(9-11-17)20-14(3)24/h4-11,13,23H,1-3H3,(H,20,24)/t13-/m1/s1. The SMILES string of the molecule is CC(=O)Nc1ccc(S(=O)(=O)N[C@H](C)c2nc(-c3ccc(C)cc3)no2)cc1. The number of nitrogens with one attached hydrogen (secondary N) is 2. The van der Waals surface area contributed by atoms with E-state index >= 15 is 0 Å². The molecule has 0 aliphatic carbocycles. The van der Waals surface area contributed by atoms with E-state index in [2.05, 4.69) is 20.2 Å². The third-order valence-electron chi connectivity index (χ3n) is 3.94. The van der Waals surface area contributed by atoms with Crippen molar-refractivity contribution in [3.05, 3.63) is 60.0 Å². The van der Waals surface area contributed by atoms with Gasteiger partial charge in [-0.3, -0.25) is 4.79 Å². The summed E-state index contributed by atoms with van der Waals surface area (Å²) in [6.45, 7) is 4.98. The summed E-state index contributed by atoms with van der Waals surface area (Å²) < 4.78 is 32.9. The number of aryl methyl sites for hydroxylation is 1. The van der Waals surface area contributed by atoms with Gasteiger partial charge in [-0.05, 0) is 38.1 Å². The molecule has 0 radical (unpaired) electrons. The van der Waals surface area contributed by atoms with E-state index in [-0.39, 0.29) is 16.7 Å². The lowest BCUT2D eigenvalue weighted by Gasteiger charge is -2.11. The predicted molar refractivity (Wildman–Crippen MR) is 104 cm³/mol. The van der Waals surface area contributed by atoms with Gasteiger partial charge in [0, 0.05) is 18.2 Å². The second-order valence-electron chi connectivity index (χ2n) is 6.37. The smallest absolute Gasteiger partial charge is 0.244 e. The molecule has 3 aromatic rings. The Hall–Kier alpha value is -3.04. The van der Waals surface area contributed by atoms with Crippen LogP contribution in [0.25, 0.3) is 11.4 Å². The Bertz CT molecular complexity index is 1070. The molecule has 2 aromatic carbocycles. The molecule has 0 fully saturated rings. The van der Waals surface area contributed by atoms with E-state index < -0.39 is 16.1 Å². The Morgan fingerprint density at radius 1 is 1.07 bits per heavy atom. The summed E-state index contributed by atoms with van der Waals surface area (Å²) in [5.74, 6) is 0.317. The number of carbonyl (C=O) groups excluding carboxylic acids is 1. The highest BCUT2D eigenvalue weighted by molar-refractivity contribution is 7.89. The lowest BCUT2D eigenvalue weighted by Crippen LogP contribution is -2.27. The highest BCUT2D eigenvalue weighted by Gasteiger charge is 2.22. The first-order valence-electron chi connectivity index (χ1n) is 8.55. The molecule has 0 aliphatic rings. The fourth-order valence-electron chi connectivity index (χ4n) is 2.50. The predicted octanol–water partition coefficient (Wildman–Crippen LogP) is 3.04. The largest absolute Gasteiger partial charge is 0.337 e. The molecule has 0 spiro atoms. The number of carbonyl (C=O) groups is 1. The second-order valence-corrected chi connectivity index (χ2v) is 8.08. The quantitative estimate of drug-likeness (QED) is 0.657. The van der Waals surface area contributed by atoms with Gasteiger partial charge >= 0.3 is 0 Å². The fraction of sp³-hybridized carbons (Fsp3) is 0.211. The van der Waals surface area contributed by atoms with Crippen LogP contribution < -0.4 is 10.0 Å². The summed E-state index contributed by atoms with van der Waals surface area (Å²) in [7, 11) is -3.80. The van der Waals surface area contributed by atoms with Crippen LogP contribution in [0.5, 0.6) is 0 Å². The van der Waals surface area contributed by atoms with Gasteiger partial charge in [0.1, 0.15) is 0 Å². The van der Waals surface area contributed by atoms with Crippen molar-refractivity contribution in [2.24, 2.45) is 0 Å². The Morgan fingerprint density at radius 2 is 1.71 bits per heavy atom. The van der Waals surface area contributed by atoms with E-state index in [1.54, 1.807) is 6.92 Å². The van der Waals surface area contributed by atoms with E-state index in [1.807, 2.05) is 31.2 Å². The van der Waals surface area contributed by atoms with Crippen molar-refractivity contribution >= 4 is 21.6 Å². The van der Waals surface area contributed by atoms with E-state index in [0.29, 0.717) is 11.5 Å². The molecule has 0 unspecified atom stereocenters. The summed E-state index contributed by atoms with van der Waals surface area (Å²) >= 11 is 0. The van der Waals surface area contributed by atoms with Crippen molar-refractivity contribution in [3.63, 3.8) is 0 Å². The van der Waals surface area contributed by atoms with Crippen molar-refractivity contribution < 1.29 is 17.7 Å². The molecule has 1 amide bonds. The first kappa shape index (κ1) is 19.7. The van der Waals surface area contributed by atoms with E-state index in [9.17, 15) is 13.2 Å².